The van der Waals surface area contributed by atoms with Crippen molar-refractivity contribution in [2.75, 3.05) is 0 Å². The third-order valence-electron chi connectivity index (χ3n) is 10.7. The second-order valence-electron chi connectivity index (χ2n) is 14.7. The van der Waals surface area contributed by atoms with Gasteiger partial charge in [0.1, 0.15) is 6.33 Å². The number of carbonyl (C=O) groups is 1. The molecule has 3 heterocycles. The summed E-state index contributed by atoms with van der Waals surface area (Å²) in [4.78, 5) is 21.1. The molecule has 4 aromatic carbocycles. The number of carbonyl (C=O) groups excluding carboxylic acids is 1. The Morgan fingerprint density at radius 2 is 1.26 bits per heavy atom. The number of hydrogen-bond acceptors (Lipinski definition) is 4. The predicted molar refractivity (Wildman–Crippen MR) is 218 cm³/mol. The van der Waals surface area contributed by atoms with Crippen molar-refractivity contribution in [3.05, 3.63) is 114 Å². The first kappa shape index (κ1) is 39.8. The molecule has 0 aliphatic rings. The van der Waals surface area contributed by atoms with Gasteiger partial charge in [-0.2, -0.15) is 0 Å². The number of aliphatic hydroxyl groups excluding tert-OH is 1. The van der Waals surface area contributed by atoms with Gasteiger partial charge in [-0.15, -0.1) is 34.9 Å². The van der Waals surface area contributed by atoms with E-state index < -0.39 is 0 Å². The van der Waals surface area contributed by atoms with E-state index in [1.54, 1.807) is 6.33 Å². The Kier molecular flexibility index (Phi) is 12.9. The summed E-state index contributed by atoms with van der Waals surface area (Å²) in [7, 11) is 0. The molecule has 0 saturated heterocycles. The molecule has 7 rings (SSSR count). The zero-order valence-corrected chi connectivity index (χ0v) is 34.7. The third-order valence-corrected chi connectivity index (χ3v) is 10.7. The van der Waals surface area contributed by atoms with Gasteiger partial charge in [0.15, 0.2) is 5.78 Å². The standard InChI is InChI=1S/C34H28N3.C13H24O2.Ir/c1-20(2)22-13-23(21(3)4)15-24(14-22)30-18-31(36-19-35-30)25-16-28-26-9-5-7-11-32(26)37-33-12-8-6-10-27(33)29(17-25)34(28)37;1-5-10(6-2)12(14)9-13(15)11(7-3)8-4;/h5-14,16-21H,1-4H3;9-11,14H,5-8H2,1-4H3;/q-1;;/b;12-9-;. The molecular formula is C47H52IrN3O2-. The van der Waals surface area contributed by atoms with Crippen molar-refractivity contribution in [3.63, 3.8) is 0 Å². The van der Waals surface area contributed by atoms with Gasteiger partial charge in [-0.25, -0.2) is 4.98 Å². The third kappa shape index (κ3) is 7.95. The molecule has 0 bridgehead atoms. The Morgan fingerprint density at radius 3 is 1.79 bits per heavy atom. The number of rotatable bonds is 11. The van der Waals surface area contributed by atoms with Crippen LogP contribution in [0.5, 0.6) is 0 Å². The van der Waals surface area contributed by atoms with Crippen molar-refractivity contribution in [1.82, 2.24) is 14.4 Å². The number of allylic oxidation sites excluding steroid dienone is 2. The maximum Gasteiger partial charge on any atom is 0.162 e. The number of fused-ring (bicyclic) bond motifs is 6. The molecule has 0 saturated carbocycles. The number of hydrogen-bond donors (Lipinski definition) is 1. The minimum atomic E-state index is 0. The van der Waals surface area contributed by atoms with Crippen molar-refractivity contribution in [1.29, 1.82) is 0 Å². The molecule has 0 atom stereocenters. The average Bonchev–Trinajstić information content (AvgIpc) is 3.68. The van der Waals surface area contributed by atoms with Gasteiger partial charge in [0, 0.05) is 65.1 Å². The van der Waals surface area contributed by atoms with Crippen LogP contribution in [0, 0.1) is 17.9 Å². The Hall–Kier alpha value is -4.38. The molecule has 53 heavy (non-hydrogen) atoms. The number of ketones is 1. The molecule has 5 nitrogen and oxygen atoms in total. The zero-order chi connectivity index (χ0) is 37.1. The Morgan fingerprint density at radius 1 is 0.717 bits per heavy atom. The minimum Gasteiger partial charge on any atom is -0.512 e. The SMILES string of the molecule is CC(C)c1[c-]c(-c2cc(-c3cc4c5ccccc5n5c6ccccc6c(c3)c45)ncn2)cc(C(C)C)c1.CCC(CC)C(=O)/C=C(\O)C(CC)CC.[Ir]. The van der Waals surface area contributed by atoms with Crippen LogP contribution in [0.2, 0.25) is 0 Å². The van der Waals surface area contributed by atoms with Crippen molar-refractivity contribution < 1.29 is 30.0 Å². The second kappa shape index (κ2) is 17.2. The fourth-order valence-corrected chi connectivity index (χ4v) is 7.44. The van der Waals surface area contributed by atoms with Crippen LogP contribution in [0.4, 0.5) is 0 Å². The van der Waals surface area contributed by atoms with Gasteiger partial charge in [-0.1, -0.05) is 97.9 Å². The average molecular weight is 883 g/mol. The summed E-state index contributed by atoms with van der Waals surface area (Å²) in [5.41, 5.74) is 10.3. The van der Waals surface area contributed by atoms with Crippen molar-refractivity contribution in [3.8, 4) is 22.5 Å². The van der Waals surface area contributed by atoms with Crippen LogP contribution in [-0.4, -0.2) is 25.3 Å². The first-order valence-corrected chi connectivity index (χ1v) is 19.1. The number of nitrogens with zero attached hydrogens (tertiary/aromatic N) is 3. The van der Waals surface area contributed by atoms with Gasteiger partial charge in [-0.05, 0) is 67.5 Å². The van der Waals surface area contributed by atoms with Crippen LogP contribution in [0.25, 0.3) is 60.6 Å². The first-order valence-electron chi connectivity index (χ1n) is 19.1. The Bertz CT molecular complexity index is 2250. The number of aromatic nitrogens is 3. The largest absolute Gasteiger partial charge is 0.512 e. The predicted octanol–water partition coefficient (Wildman–Crippen LogP) is 12.9. The van der Waals surface area contributed by atoms with Crippen LogP contribution < -0.4 is 0 Å². The molecule has 3 aromatic heterocycles. The van der Waals surface area contributed by atoms with E-state index in [4.69, 9.17) is 4.98 Å². The molecular weight excluding hydrogens is 831 g/mol. The molecule has 6 heteroatoms. The summed E-state index contributed by atoms with van der Waals surface area (Å²) in [5.74, 6) is 1.39. The normalized spacial score (nSPS) is 12.1. The van der Waals surface area contributed by atoms with Gasteiger partial charge < -0.3 is 9.51 Å². The monoisotopic (exact) mass is 883 g/mol. The molecule has 0 amide bonds. The molecule has 7 aromatic rings. The van der Waals surface area contributed by atoms with Crippen molar-refractivity contribution in [2.24, 2.45) is 11.8 Å². The Labute approximate surface area is 328 Å². The van der Waals surface area contributed by atoms with E-state index in [1.807, 2.05) is 27.7 Å². The summed E-state index contributed by atoms with van der Waals surface area (Å²) in [6.07, 6.45) is 6.60. The van der Waals surface area contributed by atoms with Crippen LogP contribution in [0.3, 0.4) is 0 Å². The minimum absolute atomic E-state index is 0. The van der Waals surface area contributed by atoms with Crippen LogP contribution in [-0.2, 0) is 24.9 Å². The molecule has 0 aliphatic heterocycles. The van der Waals surface area contributed by atoms with Crippen molar-refractivity contribution in [2.45, 2.75) is 92.9 Å². The van der Waals surface area contributed by atoms with Gasteiger partial charge >= 0.3 is 0 Å². The Balaban J connectivity index is 0.000000290. The van der Waals surface area contributed by atoms with Crippen LogP contribution >= 0.6 is 0 Å². The first-order chi connectivity index (χ1) is 25.1. The fourth-order valence-electron chi connectivity index (χ4n) is 7.44. The van der Waals surface area contributed by atoms with E-state index in [0.717, 1.165) is 48.2 Å². The summed E-state index contributed by atoms with van der Waals surface area (Å²) < 4.78 is 2.41. The molecule has 1 radical (unpaired) electrons. The van der Waals surface area contributed by atoms with Gasteiger partial charge in [0.2, 0.25) is 0 Å². The van der Waals surface area contributed by atoms with E-state index in [-0.39, 0.29) is 43.5 Å². The summed E-state index contributed by atoms with van der Waals surface area (Å²) in [5, 5.41) is 14.8. The second-order valence-corrected chi connectivity index (χ2v) is 14.7. The summed E-state index contributed by atoms with van der Waals surface area (Å²) in [6.45, 7) is 17.0. The van der Waals surface area contributed by atoms with E-state index >= 15 is 0 Å². The van der Waals surface area contributed by atoms with E-state index in [1.165, 1.54) is 55.3 Å². The van der Waals surface area contributed by atoms with E-state index in [2.05, 4.69) is 122 Å². The van der Waals surface area contributed by atoms with Gasteiger partial charge in [0.25, 0.3) is 0 Å². The number of benzene rings is 4. The molecule has 0 unspecified atom stereocenters. The number of aliphatic hydroxyl groups is 1. The summed E-state index contributed by atoms with van der Waals surface area (Å²) in [6, 6.07) is 32.2. The molecule has 1 N–H and O–H groups in total. The zero-order valence-electron chi connectivity index (χ0n) is 32.3. The van der Waals surface area contributed by atoms with Gasteiger partial charge in [0.05, 0.1) is 28.0 Å². The molecule has 277 valence electrons. The van der Waals surface area contributed by atoms with Gasteiger partial charge in [-0.3, -0.25) is 9.78 Å². The maximum absolute atomic E-state index is 11.7. The summed E-state index contributed by atoms with van der Waals surface area (Å²) >= 11 is 0. The maximum atomic E-state index is 11.7. The molecule has 0 aliphatic carbocycles. The van der Waals surface area contributed by atoms with E-state index in [0.29, 0.717) is 11.8 Å². The molecule has 0 fully saturated rings. The van der Waals surface area contributed by atoms with Crippen molar-refractivity contribution >= 4 is 43.9 Å². The molecule has 0 spiro atoms. The van der Waals surface area contributed by atoms with Crippen LogP contribution in [0.1, 0.15) is 104 Å². The number of para-hydroxylation sites is 2. The van der Waals surface area contributed by atoms with Crippen LogP contribution in [0.15, 0.2) is 97.0 Å². The topological polar surface area (TPSA) is 67.5 Å². The smallest absolute Gasteiger partial charge is 0.162 e. The quantitative estimate of drug-likeness (QED) is 0.0798. The van der Waals surface area contributed by atoms with E-state index in [9.17, 15) is 9.90 Å². The fraction of sp³-hybridized carbons (Fsp3) is 0.340.